The van der Waals surface area contributed by atoms with E-state index in [0.717, 1.165) is 12.1 Å². The van der Waals surface area contributed by atoms with Gasteiger partial charge in [-0.3, -0.25) is 0 Å². The van der Waals surface area contributed by atoms with Crippen molar-refractivity contribution in [1.82, 2.24) is 0 Å². The van der Waals surface area contributed by atoms with Crippen LogP contribution in [0.5, 0.6) is 5.75 Å². The fraction of sp³-hybridized carbons (Fsp3) is 0.400. The van der Waals surface area contributed by atoms with Crippen molar-refractivity contribution in [1.29, 1.82) is 0 Å². The summed E-state index contributed by atoms with van der Waals surface area (Å²) in [6, 6.07) is 3.25. The largest absolute Gasteiger partial charge is 0.490 e. The van der Waals surface area contributed by atoms with Crippen LogP contribution in [0.15, 0.2) is 22.7 Å². The molecule has 0 aliphatic carbocycles. The predicted octanol–water partition coefficient (Wildman–Crippen LogP) is 3.49. The van der Waals surface area contributed by atoms with Gasteiger partial charge in [0.25, 0.3) is 0 Å². The van der Waals surface area contributed by atoms with Crippen molar-refractivity contribution in [2.45, 2.75) is 6.18 Å². The third-order valence-corrected chi connectivity index (χ3v) is 2.42. The lowest BCUT2D eigenvalue weighted by Crippen LogP contribution is -2.07. The number of methoxy groups -OCH3 is 1. The quantitative estimate of drug-likeness (QED) is 0.792. The molecular weight excluding hydrogens is 289 g/mol. The van der Waals surface area contributed by atoms with Crippen LogP contribution in [-0.2, 0) is 10.9 Å². The van der Waals surface area contributed by atoms with E-state index < -0.39 is 11.7 Å². The fourth-order valence-electron chi connectivity index (χ4n) is 1.03. The van der Waals surface area contributed by atoms with Gasteiger partial charge in [0.15, 0.2) is 0 Å². The van der Waals surface area contributed by atoms with E-state index in [1.807, 2.05) is 0 Å². The predicted molar refractivity (Wildman–Crippen MR) is 56.5 cm³/mol. The first-order valence-electron chi connectivity index (χ1n) is 4.43. The minimum Gasteiger partial charge on any atom is -0.490 e. The van der Waals surface area contributed by atoms with E-state index in [-0.39, 0.29) is 4.47 Å². The molecule has 0 bridgehead atoms. The average Bonchev–Trinajstić information content (AvgIpc) is 2.19. The Morgan fingerprint density at radius 3 is 2.44 bits per heavy atom. The molecule has 0 saturated carbocycles. The molecule has 16 heavy (non-hydrogen) atoms. The van der Waals surface area contributed by atoms with E-state index in [2.05, 4.69) is 15.9 Å². The molecule has 0 N–H and O–H groups in total. The van der Waals surface area contributed by atoms with Crippen LogP contribution >= 0.6 is 15.9 Å². The van der Waals surface area contributed by atoms with Crippen molar-refractivity contribution in [3.05, 3.63) is 28.2 Å². The van der Waals surface area contributed by atoms with E-state index in [9.17, 15) is 13.2 Å². The topological polar surface area (TPSA) is 18.5 Å². The van der Waals surface area contributed by atoms with Gasteiger partial charge in [-0.1, -0.05) is 0 Å². The zero-order valence-electron chi connectivity index (χ0n) is 8.47. The lowest BCUT2D eigenvalue weighted by Gasteiger charge is -2.11. The van der Waals surface area contributed by atoms with Gasteiger partial charge in [0.1, 0.15) is 12.4 Å². The lowest BCUT2D eigenvalue weighted by atomic mass is 10.2. The van der Waals surface area contributed by atoms with E-state index in [4.69, 9.17) is 9.47 Å². The van der Waals surface area contributed by atoms with Crippen LogP contribution in [0.2, 0.25) is 0 Å². The Morgan fingerprint density at radius 1 is 1.25 bits per heavy atom. The summed E-state index contributed by atoms with van der Waals surface area (Å²) in [4.78, 5) is 0. The smallest absolute Gasteiger partial charge is 0.416 e. The molecule has 0 aromatic heterocycles. The van der Waals surface area contributed by atoms with Gasteiger partial charge in [0.05, 0.1) is 16.6 Å². The van der Waals surface area contributed by atoms with Crippen LogP contribution in [-0.4, -0.2) is 20.3 Å². The van der Waals surface area contributed by atoms with E-state index >= 15 is 0 Å². The summed E-state index contributed by atoms with van der Waals surface area (Å²) in [5, 5.41) is 0. The van der Waals surface area contributed by atoms with Crippen LogP contribution < -0.4 is 4.74 Å². The number of ether oxygens (including phenoxy) is 2. The lowest BCUT2D eigenvalue weighted by molar-refractivity contribution is -0.137. The maximum atomic E-state index is 12.3. The molecule has 0 saturated heterocycles. The highest BCUT2D eigenvalue weighted by molar-refractivity contribution is 9.10. The van der Waals surface area contributed by atoms with Gasteiger partial charge in [-0.15, -0.1) is 0 Å². The summed E-state index contributed by atoms with van der Waals surface area (Å²) in [5.74, 6) is 0.366. The van der Waals surface area contributed by atoms with Gasteiger partial charge in [0.2, 0.25) is 0 Å². The maximum absolute atomic E-state index is 12.3. The van der Waals surface area contributed by atoms with Crippen LogP contribution in [0.3, 0.4) is 0 Å². The zero-order chi connectivity index (χ0) is 12.2. The van der Waals surface area contributed by atoms with Gasteiger partial charge in [0, 0.05) is 7.11 Å². The second-order valence-corrected chi connectivity index (χ2v) is 3.84. The molecule has 0 amide bonds. The third kappa shape index (κ3) is 3.68. The zero-order valence-corrected chi connectivity index (χ0v) is 10.1. The van der Waals surface area contributed by atoms with Crippen LogP contribution in [0.1, 0.15) is 5.56 Å². The molecule has 0 aliphatic rings. The van der Waals surface area contributed by atoms with Crippen molar-refractivity contribution in [3.63, 3.8) is 0 Å². The number of alkyl halides is 3. The van der Waals surface area contributed by atoms with Gasteiger partial charge in [-0.2, -0.15) is 13.2 Å². The first-order valence-corrected chi connectivity index (χ1v) is 5.23. The Morgan fingerprint density at radius 2 is 1.94 bits per heavy atom. The highest BCUT2D eigenvalue weighted by Gasteiger charge is 2.30. The molecule has 6 heteroatoms. The van der Waals surface area contributed by atoms with E-state index in [0.29, 0.717) is 19.0 Å². The molecule has 0 heterocycles. The number of benzene rings is 1. The van der Waals surface area contributed by atoms with E-state index in [1.54, 1.807) is 0 Å². The molecule has 0 radical (unpaired) electrons. The molecule has 0 fully saturated rings. The van der Waals surface area contributed by atoms with Gasteiger partial charge >= 0.3 is 6.18 Å². The van der Waals surface area contributed by atoms with Crippen molar-refractivity contribution in [2.24, 2.45) is 0 Å². The molecule has 0 aliphatic heterocycles. The van der Waals surface area contributed by atoms with Crippen LogP contribution in [0, 0.1) is 0 Å². The number of hydrogen-bond acceptors (Lipinski definition) is 2. The van der Waals surface area contributed by atoms with E-state index in [1.165, 1.54) is 13.2 Å². The molecular formula is C10H10BrF3O2. The molecule has 1 rings (SSSR count). The minimum atomic E-state index is -4.34. The molecule has 1 aromatic carbocycles. The second kappa shape index (κ2) is 5.54. The molecule has 0 spiro atoms. The van der Waals surface area contributed by atoms with Gasteiger partial charge < -0.3 is 9.47 Å². The summed E-state index contributed by atoms with van der Waals surface area (Å²) >= 11 is 3.03. The van der Waals surface area contributed by atoms with Gasteiger partial charge in [-0.05, 0) is 34.1 Å². The minimum absolute atomic E-state index is 0.276. The summed E-state index contributed by atoms with van der Waals surface area (Å²) < 4.78 is 47.2. The number of halogens is 4. The number of hydrogen-bond donors (Lipinski definition) is 0. The molecule has 2 nitrogen and oxygen atoms in total. The second-order valence-electron chi connectivity index (χ2n) is 2.98. The van der Waals surface area contributed by atoms with Crippen LogP contribution in [0.25, 0.3) is 0 Å². The Hall–Kier alpha value is -0.750. The molecule has 1 aromatic rings. The Balaban J connectivity index is 2.76. The average molecular weight is 299 g/mol. The standard InChI is InChI=1S/C10H10BrF3O2/c1-15-4-5-16-9-3-2-7(6-8(9)11)10(12,13)14/h2-3,6H,4-5H2,1H3. The summed E-state index contributed by atoms with van der Waals surface area (Å²) in [5.41, 5.74) is -0.710. The first kappa shape index (κ1) is 13.3. The van der Waals surface area contributed by atoms with Crippen molar-refractivity contribution < 1.29 is 22.6 Å². The Bertz CT molecular complexity index is 352. The monoisotopic (exact) mass is 298 g/mol. The van der Waals surface area contributed by atoms with Crippen LogP contribution in [0.4, 0.5) is 13.2 Å². The van der Waals surface area contributed by atoms with Crippen molar-refractivity contribution in [2.75, 3.05) is 20.3 Å². The summed E-state index contributed by atoms with van der Waals surface area (Å²) in [7, 11) is 1.52. The molecule has 0 atom stereocenters. The van der Waals surface area contributed by atoms with Crippen molar-refractivity contribution >= 4 is 15.9 Å². The molecule has 90 valence electrons. The highest BCUT2D eigenvalue weighted by Crippen LogP contribution is 2.34. The Labute approximate surface area is 99.5 Å². The summed E-state index contributed by atoms with van der Waals surface area (Å²) in [6.45, 7) is 0.675. The first-order chi connectivity index (χ1) is 7.45. The number of rotatable bonds is 4. The van der Waals surface area contributed by atoms with Gasteiger partial charge in [-0.25, -0.2) is 0 Å². The Kier molecular flexibility index (Phi) is 4.61. The maximum Gasteiger partial charge on any atom is 0.416 e. The third-order valence-electron chi connectivity index (χ3n) is 1.80. The highest BCUT2D eigenvalue weighted by atomic mass is 79.9. The fourth-order valence-corrected chi connectivity index (χ4v) is 1.52. The summed E-state index contributed by atoms with van der Waals surface area (Å²) in [6.07, 6.45) is -4.34. The van der Waals surface area contributed by atoms with Crippen molar-refractivity contribution in [3.8, 4) is 5.75 Å². The molecule has 0 unspecified atom stereocenters. The SMILES string of the molecule is COCCOc1ccc(C(F)(F)F)cc1Br. The normalized spacial score (nSPS) is 11.6.